The summed E-state index contributed by atoms with van der Waals surface area (Å²) in [6.07, 6.45) is -11.6. The zero-order valence-corrected chi connectivity index (χ0v) is 12.7. The molecule has 0 aromatic carbocycles. The first-order valence-electron chi connectivity index (χ1n) is 6.81. The van der Waals surface area contributed by atoms with Crippen molar-refractivity contribution in [2.75, 3.05) is 26.4 Å². The van der Waals surface area contributed by atoms with Gasteiger partial charge in [0.25, 0.3) is 0 Å². The monoisotopic (exact) mass is 362 g/mol. The van der Waals surface area contributed by atoms with Crippen LogP contribution in [-0.2, 0) is 4.79 Å². The Kier molecular flexibility index (Phi) is 14.3. The average Bonchev–Trinajstić information content (AvgIpc) is 2.62. The molecule has 146 valence electrons. The van der Waals surface area contributed by atoms with Crippen molar-refractivity contribution < 1.29 is 61.0 Å². The standard InChI is InChI=1S/C6H14O6.C6H12O6/c2*7-1-3(9)5(11)6(12)4(10)2-8/h3-12H,1-2H2;3,5-9,11-12H,1-2H2/t3-,4-,5-,6+;3-,5+,6-/m00/s1. The summed E-state index contributed by atoms with van der Waals surface area (Å²) in [4.78, 5) is 10.5. The van der Waals surface area contributed by atoms with Crippen LogP contribution >= 0.6 is 0 Å². The molecule has 0 heterocycles. The van der Waals surface area contributed by atoms with Gasteiger partial charge in [0.05, 0.1) is 19.8 Å². The van der Waals surface area contributed by atoms with E-state index in [4.69, 9.17) is 56.2 Å². The number of aliphatic hydroxyl groups is 11. The number of carbonyl (C=O) groups is 1. The second-order valence-corrected chi connectivity index (χ2v) is 4.79. The third kappa shape index (κ3) is 8.91. The second-order valence-electron chi connectivity index (χ2n) is 4.79. The van der Waals surface area contributed by atoms with E-state index in [0.717, 1.165) is 0 Å². The van der Waals surface area contributed by atoms with Crippen molar-refractivity contribution in [2.24, 2.45) is 0 Å². The fraction of sp³-hybridized carbons (Fsp3) is 0.917. The summed E-state index contributed by atoms with van der Waals surface area (Å²) in [5.74, 6) is -1.00. The number of hydrogen-bond donors (Lipinski definition) is 11. The van der Waals surface area contributed by atoms with Crippen LogP contribution in [-0.4, -0.2) is 131 Å². The molecule has 0 saturated heterocycles. The van der Waals surface area contributed by atoms with Gasteiger partial charge in [-0.15, -0.1) is 0 Å². The van der Waals surface area contributed by atoms with Crippen molar-refractivity contribution in [3.05, 3.63) is 0 Å². The van der Waals surface area contributed by atoms with Crippen LogP contribution in [0, 0.1) is 0 Å². The van der Waals surface area contributed by atoms with Crippen LogP contribution < -0.4 is 0 Å². The lowest BCUT2D eigenvalue weighted by molar-refractivity contribution is -0.142. The molecule has 0 aliphatic heterocycles. The third-order valence-corrected chi connectivity index (χ3v) is 2.90. The largest absolute Gasteiger partial charge is 0.394 e. The van der Waals surface area contributed by atoms with Gasteiger partial charge in [-0.1, -0.05) is 0 Å². The van der Waals surface area contributed by atoms with E-state index >= 15 is 0 Å². The molecule has 0 fully saturated rings. The number of Topliss-reactive ketones (excluding diaryl/α,β-unsaturated/α-hetero) is 1. The Labute approximate surface area is 137 Å². The Morgan fingerprint density at radius 3 is 1.12 bits per heavy atom. The van der Waals surface area contributed by atoms with Gasteiger partial charge in [-0.3, -0.25) is 4.79 Å². The number of carbonyl (C=O) groups excluding carboxylic acids is 1. The van der Waals surface area contributed by atoms with Crippen molar-refractivity contribution in [1.82, 2.24) is 0 Å². The summed E-state index contributed by atoms with van der Waals surface area (Å²) in [6.45, 7) is -3.14. The van der Waals surface area contributed by atoms with E-state index in [1.54, 1.807) is 0 Å². The summed E-state index contributed by atoms with van der Waals surface area (Å²) in [6, 6.07) is 0. The second kappa shape index (κ2) is 13.5. The fourth-order valence-electron chi connectivity index (χ4n) is 1.27. The minimum Gasteiger partial charge on any atom is -0.394 e. The van der Waals surface area contributed by atoms with Gasteiger partial charge in [0, 0.05) is 0 Å². The molecule has 0 rings (SSSR count). The molecule has 24 heavy (non-hydrogen) atoms. The van der Waals surface area contributed by atoms with Gasteiger partial charge >= 0.3 is 0 Å². The molecular formula is C12H26O12. The molecule has 12 nitrogen and oxygen atoms in total. The molecule has 12 heteroatoms. The maximum Gasteiger partial charge on any atom is 0.189 e. The van der Waals surface area contributed by atoms with Crippen LogP contribution in [0.1, 0.15) is 0 Å². The normalized spacial score (nSPS) is 20.0. The van der Waals surface area contributed by atoms with Crippen LogP contribution in [0.4, 0.5) is 0 Å². The molecule has 11 N–H and O–H groups in total. The van der Waals surface area contributed by atoms with Crippen molar-refractivity contribution in [3.63, 3.8) is 0 Å². The molecule has 0 bridgehead atoms. The molecule has 0 amide bonds. The van der Waals surface area contributed by atoms with E-state index in [1.165, 1.54) is 0 Å². The zero-order chi connectivity index (χ0) is 19.4. The summed E-state index contributed by atoms with van der Waals surface area (Å²) >= 11 is 0. The van der Waals surface area contributed by atoms with E-state index in [9.17, 15) is 4.79 Å². The number of hydrogen-bond acceptors (Lipinski definition) is 12. The van der Waals surface area contributed by atoms with Crippen LogP contribution in [0.5, 0.6) is 0 Å². The average molecular weight is 362 g/mol. The summed E-state index contributed by atoms with van der Waals surface area (Å²) in [5, 5.41) is 95.2. The predicted octanol–water partition coefficient (Wildman–Crippen LogP) is -6.96. The van der Waals surface area contributed by atoms with E-state index in [0.29, 0.717) is 0 Å². The van der Waals surface area contributed by atoms with Gasteiger partial charge < -0.3 is 56.2 Å². The minimum atomic E-state index is -1.86. The highest BCUT2D eigenvalue weighted by Crippen LogP contribution is 2.04. The molecule has 0 spiro atoms. The molecule has 0 aliphatic rings. The SMILES string of the molecule is O=C(CO)[C@H](O)[C@H](O)[C@@H](O)CO.OC[C@H](O)[C@H](O)[C@H](O)[C@@H](O)CO. The van der Waals surface area contributed by atoms with Crippen molar-refractivity contribution in [3.8, 4) is 0 Å². The van der Waals surface area contributed by atoms with Crippen molar-refractivity contribution >= 4 is 5.78 Å². The first-order chi connectivity index (χ1) is 11.1. The number of rotatable bonds is 10. The van der Waals surface area contributed by atoms with Crippen molar-refractivity contribution in [1.29, 1.82) is 0 Å². The highest BCUT2D eigenvalue weighted by Gasteiger charge is 2.29. The summed E-state index contributed by atoms with van der Waals surface area (Å²) < 4.78 is 0. The Morgan fingerprint density at radius 2 is 0.875 bits per heavy atom. The van der Waals surface area contributed by atoms with E-state index < -0.39 is 74.9 Å². The highest BCUT2D eigenvalue weighted by atomic mass is 16.4. The zero-order valence-electron chi connectivity index (χ0n) is 12.7. The lowest BCUT2D eigenvalue weighted by Gasteiger charge is -2.24. The van der Waals surface area contributed by atoms with E-state index in [1.807, 2.05) is 0 Å². The maximum absolute atomic E-state index is 10.5. The van der Waals surface area contributed by atoms with Gasteiger partial charge in [0.2, 0.25) is 0 Å². The maximum atomic E-state index is 10.5. The van der Waals surface area contributed by atoms with Crippen LogP contribution in [0.3, 0.4) is 0 Å². The molecular weight excluding hydrogens is 336 g/mol. The molecule has 0 aromatic heterocycles. The first-order valence-corrected chi connectivity index (χ1v) is 6.81. The van der Waals surface area contributed by atoms with Gasteiger partial charge in [-0.05, 0) is 0 Å². The molecule has 0 aliphatic carbocycles. The van der Waals surface area contributed by atoms with E-state index in [2.05, 4.69) is 0 Å². The van der Waals surface area contributed by atoms with Crippen LogP contribution in [0.2, 0.25) is 0 Å². The minimum absolute atomic E-state index is 0.726. The summed E-state index contributed by atoms with van der Waals surface area (Å²) in [5.41, 5.74) is 0. The van der Waals surface area contributed by atoms with Gasteiger partial charge in [-0.2, -0.15) is 0 Å². The van der Waals surface area contributed by atoms with E-state index in [-0.39, 0.29) is 0 Å². The first kappa shape index (κ1) is 25.5. The van der Waals surface area contributed by atoms with Crippen LogP contribution in [0.15, 0.2) is 0 Å². The summed E-state index contributed by atoms with van der Waals surface area (Å²) in [7, 11) is 0. The van der Waals surface area contributed by atoms with Crippen LogP contribution in [0.25, 0.3) is 0 Å². The third-order valence-electron chi connectivity index (χ3n) is 2.90. The molecule has 0 aromatic rings. The predicted molar refractivity (Wildman–Crippen MR) is 75.4 cm³/mol. The Morgan fingerprint density at radius 1 is 0.583 bits per heavy atom. The Hall–Kier alpha value is -0.770. The molecule has 0 unspecified atom stereocenters. The fourth-order valence-corrected chi connectivity index (χ4v) is 1.27. The highest BCUT2D eigenvalue weighted by molar-refractivity contribution is 5.84. The Balaban J connectivity index is 0. The lowest BCUT2D eigenvalue weighted by Crippen LogP contribution is -2.46. The quantitative estimate of drug-likeness (QED) is 0.174. The smallest absolute Gasteiger partial charge is 0.189 e. The van der Waals surface area contributed by atoms with Gasteiger partial charge in [-0.25, -0.2) is 0 Å². The topological polar surface area (TPSA) is 240 Å². The molecule has 0 saturated carbocycles. The van der Waals surface area contributed by atoms with Gasteiger partial charge in [0.1, 0.15) is 49.3 Å². The number of aliphatic hydroxyl groups excluding tert-OH is 11. The molecule has 7 atom stereocenters. The lowest BCUT2D eigenvalue weighted by atomic mass is 10.0. The van der Waals surface area contributed by atoms with Crippen molar-refractivity contribution in [2.45, 2.75) is 42.7 Å². The molecule has 0 radical (unpaired) electrons. The van der Waals surface area contributed by atoms with Gasteiger partial charge in [0.15, 0.2) is 5.78 Å². The Bertz CT molecular complexity index is 313. The number of ketones is 1.